The molecule has 0 unspecified atom stereocenters. The normalized spacial score (nSPS) is 10.9. The Morgan fingerprint density at radius 2 is 1.92 bits per heavy atom. The molecule has 4 aromatic rings. The molecule has 2 N–H and O–H groups in total. The van der Waals surface area contributed by atoms with Crippen LogP contribution in [0, 0.1) is 6.92 Å². The molecule has 6 nitrogen and oxygen atoms in total. The van der Waals surface area contributed by atoms with Crippen LogP contribution in [0.15, 0.2) is 59.2 Å². The SMILES string of the molecule is Cc1nc(C(=O)NCc2ccc(-c3nc4ccccc4[nH]3)cc2)co1. The van der Waals surface area contributed by atoms with Crippen LogP contribution in [0.25, 0.3) is 22.4 Å². The van der Waals surface area contributed by atoms with Gasteiger partial charge in [0.2, 0.25) is 0 Å². The van der Waals surface area contributed by atoms with Crippen LogP contribution in [0.1, 0.15) is 21.9 Å². The van der Waals surface area contributed by atoms with E-state index < -0.39 is 0 Å². The number of nitrogens with one attached hydrogen (secondary N) is 2. The van der Waals surface area contributed by atoms with Gasteiger partial charge < -0.3 is 14.7 Å². The molecule has 25 heavy (non-hydrogen) atoms. The summed E-state index contributed by atoms with van der Waals surface area (Å²) in [4.78, 5) is 23.9. The van der Waals surface area contributed by atoms with Gasteiger partial charge in [-0.15, -0.1) is 0 Å². The fourth-order valence-electron chi connectivity index (χ4n) is 2.61. The molecule has 124 valence electrons. The summed E-state index contributed by atoms with van der Waals surface area (Å²) in [7, 11) is 0. The van der Waals surface area contributed by atoms with E-state index in [9.17, 15) is 4.79 Å². The third-order valence-corrected chi connectivity index (χ3v) is 3.92. The third kappa shape index (κ3) is 3.14. The van der Waals surface area contributed by atoms with E-state index in [4.69, 9.17) is 4.42 Å². The monoisotopic (exact) mass is 332 g/mol. The summed E-state index contributed by atoms with van der Waals surface area (Å²) >= 11 is 0. The third-order valence-electron chi connectivity index (χ3n) is 3.92. The van der Waals surface area contributed by atoms with Crippen molar-refractivity contribution in [3.05, 3.63) is 71.9 Å². The van der Waals surface area contributed by atoms with Crippen LogP contribution in [0.3, 0.4) is 0 Å². The Labute approximate surface area is 143 Å². The van der Waals surface area contributed by atoms with Crippen LogP contribution in [0.2, 0.25) is 0 Å². The molecular weight excluding hydrogens is 316 g/mol. The van der Waals surface area contributed by atoms with Crippen molar-refractivity contribution in [2.24, 2.45) is 0 Å². The molecule has 0 saturated carbocycles. The zero-order valence-electron chi connectivity index (χ0n) is 13.6. The molecule has 0 fully saturated rings. The number of fused-ring (bicyclic) bond motifs is 1. The van der Waals surface area contributed by atoms with E-state index >= 15 is 0 Å². The molecule has 2 aromatic carbocycles. The minimum Gasteiger partial charge on any atom is -0.448 e. The number of amides is 1. The number of para-hydroxylation sites is 2. The number of aromatic nitrogens is 3. The van der Waals surface area contributed by atoms with Crippen molar-refractivity contribution in [3.8, 4) is 11.4 Å². The highest BCUT2D eigenvalue weighted by Crippen LogP contribution is 2.20. The van der Waals surface area contributed by atoms with E-state index in [1.54, 1.807) is 6.92 Å². The van der Waals surface area contributed by atoms with Crippen molar-refractivity contribution < 1.29 is 9.21 Å². The first-order valence-corrected chi connectivity index (χ1v) is 7.93. The summed E-state index contributed by atoms with van der Waals surface area (Å²) < 4.78 is 5.04. The Morgan fingerprint density at radius 1 is 1.12 bits per heavy atom. The number of imidazole rings is 1. The lowest BCUT2D eigenvalue weighted by Gasteiger charge is -2.04. The number of hydrogen-bond acceptors (Lipinski definition) is 4. The van der Waals surface area contributed by atoms with Gasteiger partial charge in [-0.25, -0.2) is 9.97 Å². The van der Waals surface area contributed by atoms with Crippen molar-refractivity contribution in [1.82, 2.24) is 20.3 Å². The predicted molar refractivity (Wildman–Crippen MR) is 93.9 cm³/mol. The van der Waals surface area contributed by atoms with E-state index in [0.717, 1.165) is 28.0 Å². The molecule has 0 saturated heterocycles. The number of H-pyrrole nitrogens is 1. The number of nitrogens with zero attached hydrogens (tertiary/aromatic N) is 2. The summed E-state index contributed by atoms with van der Waals surface area (Å²) in [6.45, 7) is 2.12. The zero-order chi connectivity index (χ0) is 17.2. The fourth-order valence-corrected chi connectivity index (χ4v) is 2.61. The Morgan fingerprint density at radius 3 is 2.64 bits per heavy atom. The molecule has 0 spiro atoms. The van der Waals surface area contributed by atoms with Crippen molar-refractivity contribution in [1.29, 1.82) is 0 Å². The number of rotatable bonds is 4. The Hall–Kier alpha value is -3.41. The van der Waals surface area contributed by atoms with Gasteiger partial charge >= 0.3 is 0 Å². The van der Waals surface area contributed by atoms with Crippen molar-refractivity contribution in [2.75, 3.05) is 0 Å². The first kappa shape index (κ1) is 15.1. The quantitative estimate of drug-likeness (QED) is 0.599. The van der Waals surface area contributed by atoms with Gasteiger partial charge in [0.15, 0.2) is 11.6 Å². The number of benzene rings is 2. The number of carbonyl (C=O) groups excluding carboxylic acids is 1. The van der Waals surface area contributed by atoms with Gasteiger partial charge in [-0.3, -0.25) is 4.79 Å². The lowest BCUT2D eigenvalue weighted by atomic mass is 10.1. The van der Waals surface area contributed by atoms with Crippen LogP contribution in [0.4, 0.5) is 0 Å². The van der Waals surface area contributed by atoms with Crippen molar-refractivity contribution in [2.45, 2.75) is 13.5 Å². The Kier molecular flexibility index (Phi) is 3.78. The molecule has 0 radical (unpaired) electrons. The first-order valence-electron chi connectivity index (χ1n) is 7.93. The summed E-state index contributed by atoms with van der Waals surface area (Å²) in [5, 5.41) is 2.82. The minimum absolute atomic E-state index is 0.252. The van der Waals surface area contributed by atoms with Gasteiger partial charge in [0, 0.05) is 19.0 Å². The standard InChI is InChI=1S/C19H16N4O2/c1-12-21-17(11-25-12)19(24)20-10-13-6-8-14(9-7-13)18-22-15-4-2-3-5-16(15)23-18/h2-9,11H,10H2,1H3,(H,20,24)(H,22,23). The Balaban J connectivity index is 1.45. The topological polar surface area (TPSA) is 83.8 Å². The number of aryl methyl sites for hydroxylation is 1. The summed E-state index contributed by atoms with van der Waals surface area (Å²) in [6.07, 6.45) is 1.36. The first-order chi connectivity index (χ1) is 12.2. The minimum atomic E-state index is -0.252. The summed E-state index contributed by atoms with van der Waals surface area (Å²) in [5.41, 5.74) is 4.23. The molecular formula is C19H16N4O2. The molecule has 0 aliphatic rings. The van der Waals surface area contributed by atoms with Gasteiger partial charge in [-0.05, 0) is 17.7 Å². The molecule has 0 bridgehead atoms. The average Bonchev–Trinajstić information content (AvgIpc) is 3.26. The second kappa shape index (κ2) is 6.24. The van der Waals surface area contributed by atoms with Crippen LogP contribution >= 0.6 is 0 Å². The average molecular weight is 332 g/mol. The van der Waals surface area contributed by atoms with Crippen LogP contribution < -0.4 is 5.32 Å². The molecule has 1 amide bonds. The second-order valence-corrected chi connectivity index (χ2v) is 5.73. The number of hydrogen-bond donors (Lipinski definition) is 2. The van der Waals surface area contributed by atoms with E-state index in [0.29, 0.717) is 12.4 Å². The van der Waals surface area contributed by atoms with E-state index in [1.165, 1.54) is 6.26 Å². The fraction of sp³-hybridized carbons (Fsp3) is 0.105. The van der Waals surface area contributed by atoms with Gasteiger partial charge in [-0.1, -0.05) is 36.4 Å². The predicted octanol–water partition coefficient (Wildman–Crippen LogP) is 3.46. The lowest BCUT2D eigenvalue weighted by molar-refractivity contribution is 0.0946. The highest BCUT2D eigenvalue weighted by atomic mass is 16.3. The molecule has 4 rings (SSSR count). The number of carbonyl (C=O) groups is 1. The van der Waals surface area contributed by atoms with Gasteiger partial charge in [-0.2, -0.15) is 0 Å². The molecule has 0 atom stereocenters. The van der Waals surface area contributed by atoms with Crippen molar-refractivity contribution >= 4 is 16.9 Å². The van der Waals surface area contributed by atoms with Gasteiger partial charge in [0.05, 0.1) is 11.0 Å². The smallest absolute Gasteiger partial charge is 0.273 e. The van der Waals surface area contributed by atoms with Crippen LogP contribution in [0.5, 0.6) is 0 Å². The molecule has 2 aromatic heterocycles. The maximum absolute atomic E-state index is 12.0. The molecule has 6 heteroatoms. The van der Waals surface area contributed by atoms with E-state index in [1.807, 2.05) is 48.5 Å². The maximum Gasteiger partial charge on any atom is 0.273 e. The van der Waals surface area contributed by atoms with Crippen LogP contribution in [-0.2, 0) is 6.54 Å². The molecule has 0 aliphatic heterocycles. The zero-order valence-corrected chi connectivity index (χ0v) is 13.6. The van der Waals surface area contributed by atoms with Crippen LogP contribution in [-0.4, -0.2) is 20.9 Å². The summed E-state index contributed by atoms with van der Waals surface area (Å²) in [6, 6.07) is 15.8. The largest absolute Gasteiger partial charge is 0.448 e. The highest BCUT2D eigenvalue weighted by Gasteiger charge is 2.10. The number of aromatic amines is 1. The summed E-state index contributed by atoms with van der Waals surface area (Å²) in [5.74, 6) is 1.05. The highest BCUT2D eigenvalue weighted by molar-refractivity contribution is 5.91. The van der Waals surface area contributed by atoms with E-state index in [-0.39, 0.29) is 11.6 Å². The van der Waals surface area contributed by atoms with E-state index in [2.05, 4.69) is 20.3 Å². The lowest BCUT2D eigenvalue weighted by Crippen LogP contribution is -2.23. The van der Waals surface area contributed by atoms with Gasteiger partial charge in [0.25, 0.3) is 5.91 Å². The van der Waals surface area contributed by atoms with Gasteiger partial charge in [0.1, 0.15) is 12.1 Å². The second-order valence-electron chi connectivity index (χ2n) is 5.73. The Bertz CT molecular complexity index is 998. The molecule has 0 aliphatic carbocycles. The maximum atomic E-state index is 12.0. The molecule has 2 heterocycles. The van der Waals surface area contributed by atoms with Crippen molar-refractivity contribution in [3.63, 3.8) is 0 Å². The number of oxazole rings is 1.